The number of aromatic nitrogens is 1. The van der Waals surface area contributed by atoms with Gasteiger partial charge in [0.25, 0.3) is 5.56 Å². The molecule has 0 atom stereocenters. The predicted octanol–water partition coefficient (Wildman–Crippen LogP) is 0.410. The minimum absolute atomic E-state index is 0.257. The molecule has 0 radical (unpaired) electrons. The van der Waals surface area contributed by atoms with E-state index in [1.807, 2.05) is 4.98 Å². The van der Waals surface area contributed by atoms with Gasteiger partial charge in [0.05, 0.1) is 15.4 Å². The van der Waals surface area contributed by atoms with Gasteiger partial charge in [0.15, 0.2) is 0 Å². The average Bonchev–Trinajstić information content (AvgIpc) is 2.46. The van der Waals surface area contributed by atoms with Gasteiger partial charge in [-0.1, -0.05) is 0 Å². The molecule has 1 heterocycles. The van der Waals surface area contributed by atoms with Crippen molar-refractivity contribution in [2.75, 3.05) is 0 Å². The zero-order chi connectivity index (χ0) is 15.0. The fraction of sp³-hybridized carbons (Fsp3) is 0. The van der Waals surface area contributed by atoms with Gasteiger partial charge >= 0.3 is 11.4 Å². The largest absolute Gasteiger partial charge is 0.507 e. The van der Waals surface area contributed by atoms with E-state index in [1.54, 1.807) is 0 Å². The third kappa shape index (κ3) is 1.94. The first-order valence-electron chi connectivity index (χ1n) is 5.05. The van der Waals surface area contributed by atoms with Crippen molar-refractivity contribution in [2.24, 2.45) is 0 Å². The number of nitrogens with zero attached hydrogens (tertiary/aromatic N) is 2. The molecule has 0 aliphatic heterocycles. The summed E-state index contributed by atoms with van der Waals surface area (Å²) in [6.45, 7) is 0. The second-order valence-corrected chi connectivity index (χ2v) is 3.72. The molecule has 10 heteroatoms. The van der Waals surface area contributed by atoms with Crippen LogP contribution in [-0.4, -0.2) is 19.9 Å². The first kappa shape index (κ1) is 13.1. The SMILES string of the molecule is O=c1cc(O)c2c([N+](=O)[O-])c([N+](=O)[O-])ccc2[nH]c1=O. The molecule has 0 amide bonds. The zero-order valence-electron chi connectivity index (χ0n) is 9.52. The topological polar surface area (TPSA) is 156 Å². The van der Waals surface area contributed by atoms with Gasteiger partial charge in [0, 0.05) is 12.1 Å². The van der Waals surface area contributed by atoms with Gasteiger partial charge in [-0.3, -0.25) is 29.8 Å². The molecule has 0 saturated carbocycles. The van der Waals surface area contributed by atoms with Gasteiger partial charge in [0.2, 0.25) is 5.43 Å². The summed E-state index contributed by atoms with van der Waals surface area (Å²) >= 11 is 0. The van der Waals surface area contributed by atoms with Crippen LogP contribution in [0, 0.1) is 20.2 Å². The van der Waals surface area contributed by atoms with Crippen LogP contribution in [0.25, 0.3) is 10.9 Å². The second kappa shape index (κ2) is 4.42. The van der Waals surface area contributed by atoms with E-state index in [4.69, 9.17) is 0 Å². The quantitative estimate of drug-likeness (QED) is 0.457. The summed E-state index contributed by atoms with van der Waals surface area (Å²) in [5, 5.41) is 30.9. The molecule has 2 aromatic rings. The molecule has 1 aromatic heterocycles. The maximum Gasteiger partial charge on any atom is 0.359 e. The maximum atomic E-state index is 11.3. The Labute approximate surface area is 108 Å². The number of nitro groups is 2. The first-order chi connectivity index (χ1) is 9.32. The number of aromatic amines is 1. The molecule has 1 aromatic carbocycles. The molecule has 102 valence electrons. The molecule has 10 nitrogen and oxygen atoms in total. The maximum absolute atomic E-state index is 11.3. The van der Waals surface area contributed by atoms with Crippen molar-refractivity contribution < 1.29 is 15.0 Å². The van der Waals surface area contributed by atoms with Crippen LogP contribution in [0.2, 0.25) is 0 Å². The zero-order valence-corrected chi connectivity index (χ0v) is 9.52. The van der Waals surface area contributed by atoms with Crippen LogP contribution >= 0.6 is 0 Å². The van der Waals surface area contributed by atoms with Crippen molar-refractivity contribution in [3.8, 4) is 5.75 Å². The highest BCUT2D eigenvalue weighted by molar-refractivity contribution is 5.96. The Morgan fingerprint density at radius 3 is 2.30 bits per heavy atom. The molecule has 0 aliphatic rings. The highest BCUT2D eigenvalue weighted by Crippen LogP contribution is 2.37. The number of nitro benzene ring substituents is 2. The van der Waals surface area contributed by atoms with E-state index in [2.05, 4.69) is 0 Å². The Hall–Kier alpha value is -3.30. The minimum Gasteiger partial charge on any atom is -0.507 e. The number of benzene rings is 1. The summed E-state index contributed by atoms with van der Waals surface area (Å²) in [6, 6.07) is 2.28. The van der Waals surface area contributed by atoms with E-state index < -0.39 is 43.3 Å². The molecule has 0 unspecified atom stereocenters. The van der Waals surface area contributed by atoms with Crippen molar-refractivity contribution in [2.45, 2.75) is 0 Å². The molecule has 20 heavy (non-hydrogen) atoms. The minimum atomic E-state index is -1.13. The summed E-state index contributed by atoms with van der Waals surface area (Å²) in [7, 11) is 0. The third-order valence-corrected chi connectivity index (χ3v) is 2.53. The number of aromatic hydroxyl groups is 1. The monoisotopic (exact) mass is 279 g/mol. The normalized spacial score (nSPS) is 10.4. The lowest BCUT2D eigenvalue weighted by atomic mass is 10.1. The summed E-state index contributed by atoms with van der Waals surface area (Å²) < 4.78 is 0. The van der Waals surface area contributed by atoms with Crippen LogP contribution in [0.1, 0.15) is 0 Å². The fourth-order valence-electron chi connectivity index (χ4n) is 1.72. The molecule has 0 aliphatic carbocycles. The van der Waals surface area contributed by atoms with Crippen LogP contribution in [-0.2, 0) is 0 Å². The Morgan fingerprint density at radius 2 is 1.75 bits per heavy atom. The van der Waals surface area contributed by atoms with Crippen molar-refractivity contribution in [3.63, 3.8) is 0 Å². The Bertz CT molecular complexity index is 871. The van der Waals surface area contributed by atoms with Gasteiger partial charge in [-0.05, 0) is 6.07 Å². The van der Waals surface area contributed by atoms with Gasteiger partial charge in [-0.2, -0.15) is 0 Å². The Kier molecular flexibility index (Phi) is 2.90. The van der Waals surface area contributed by atoms with E-state index in [0.717, 1.165) is 12.1 Å². The van der Waals surface area contributed by atoms with E-state index in [0.29, 0.717) is 6.07 Å². The third-order valence-electron chi connectivity index (χ3n) is 2.53. The van der Waals surface area contributed by atoms with Gasteiger partial charge in [-0.25, -0.2) is 0 Å². The van der Waals surface area contributed by atoms with Crippen molar-refractivity contribution >= 4 is 22.3 Å². The fourth-order valence-corrected chi connectivity index (χ4v) is 1.72. The Balaban J connectivity index is 3.18. The van der Waals surface area contributed by atoms with Crippen LogP contribution in [0.15, 0.2) is 27.8 Å². The highest BCUT2D eigenvalue weighted by atomic mass is 16.6. The molecule has 0 fully saturated rings. The van der Waals surface area contributed by atoms with Crippen molar-refractivity contribution in [3.05, 3.63) is 59.0 Å². The van der Waals surface area contributed by atoms with Crippen LogP contribution in [0.4, 0.5) is 11.4 Å². The van der Waals surface area contributed by atoms with Gasteiger partial charge in [0.1, 0.15) is 11.1 Å². The summed E-state index contributed by atoms with van der Waals surface area (Å²) in [4.78, 5) is 44.3. The first-order valence-corrected chi connectivity index (χ1v) is 5.05. The molecule has 0 saturated heterocycles. The summed E-state index contributed by atoms with van der Waals surface area (Å²) in [6.07, 6.45) is 0. The van der Waals surface area contributed by atoms with E-state index in [-0.39, 0.29) is 5.52 Å². The molecular weight excluding hydrogens is 274 g/mol. The number of fused-ring (bicyclic) bond motifs is 1. The van der Waals surface area contributed by atoms with Crippen molar-refractivity contribution in [1.29, 1.82) is 0 Å². The number of nitrogens with one attached hydrogen (secondary N) is 1. The molecule has 0 spiro atoms. The lowest BCUT2D eigenvalue weighted by molar-refractivity contribution is -0.421. The van der Waals surface area contributed by atoms with Crippen LogP contribution in [0.5, 0.6) is 5.75 Å². The average molecular weight is 279 g/mol. The second-order valence-electron chi connectivity index (χ2n) is 3.72. The van der Waals surface area contributed by atoms with Crippen LogP contribution < -0.4 is 11.0 Å². The van der Waals surface area contributed by atoms with Gasteiger partial charge in [-0.15, -0.1) is 0 Å². The lowest BCUT2D eigenvalue weighted by Crippen LogP contribution is -2.22. The molecular formula is C10H5N3O7. The van der Waals surface area contributed by atoms with E-state index in [1.165, 1.54) is 0 Å². The Morgan fingerprint density at radius 1 is 1.10 bits per heavy atom. The number of hydrogen-bond acceptors (Lipinski definition) is 7. The predicted molar refractivity (Wildman–Crippen MR) is 65.8 cm³/mol. The lowest BCUT2D eigenvalue weighted by Gasteiger charge is -1.99. The van der Waals surface area contributed by atoms with E-state index >= 15 is 0 Å². The number of rotatable bonds is 2. The molecule has 2 rings (SSSR count). The molecule has 2 N–H and O–H groups in total. The smallest absolute Gasteiger partial charge is 0.359 e. The van der Waals surface area contributed by atoms with E-state index in [9.17, 15) is 34.9 Å². The molecule has 0 bridgehead atoms. The number of hydrogen-bond donors (Lipinski definition) is 2. The number of H-pyrrole nitrogens is 1. The highest BCUT2D eigenvalue weighted by Gasteiger charge is 2.29. The summed E-state index contributed by atoms with van der Waals surface area (Å²) in [5.74, 6) is -0.890. The summed E-state index contributed by atoms with van der Waals surface area (Å²) in [5.41, 5.74) is -4.37. The van der Waals surface area contributed by atoms with Crippen LogP contribution in [0.3, 0.4) is 0 Å². The van der Waals surface area contributed by atoms with Crippen molar-refractivity contribution in [1.82, 2.24) is 4.98 Å². The van der Waals surface area contributed by atoms with Gasteiger partial charge < -0.3 is 10.1 Å². The standard InChI is InChI=1S/C10H5N3O7/c14-6-3-7(15)10(16)11-4-1-2-5(12(17)18)9(8(4)6)13(19)20/h1-3,14H,(H,11,15,16).